The van der Waals surface area contributed by atoms with Crippen molar-refractivity contribution >= 4 is 39.4 Å². The highest BCUT2D eigenvalue weighted by atomic mass is 32.2. The predicted molar refractivity (Wildman–Crippen MR) is 58.7 cm³/mol. The SMILES string of the molecule is CC(=O)SCC=Cc1cnc(N)s1. The first-order valence-corrected chi connectivity index (χ1v) is 5.50. The Morgan fingerprint density at radius 3 is 3.15 bits per heavy atom. The molecular weight excluding hydrogens is 204 g/mol. The van der Waals surface area contributed by atoms with Gasteiger partial charge in [-0.2, -0.15) is 0 Å². The van der Waals surface area contributed by atoms with Gasteiger partial charge >= 0.3 is 0 Å². The van der Waals surface area contributed by atoms with Crippen LogP contribution in [0.25, 0.3) is 6.08 Å². The summed E-state index contributed by atoms with van der Waals surface area (Å²) in [4.78, 5) is 15.5. The zero-order chi connectivity index (χ0) is 9.68. The van der Waals surface area contributed by atoms with E-state index in [0.717, 1.165) is 4.88 Å². The molecular formula is C8H10N2OS2. The molecule has 0 saturated carbocycles. The molecule has 0 unspecified atom stereocenters. The van der Waals surface area contributed by atoms with E-state index >= 15 is 0 Å². The molecule has 1 aromatic heterocycles. The second-order valence-corrected chi connectivity index (χ2v) is 4.60. The number of hydrogen-bond acceptors (Lipinski definition) is 5. The molecule has 5 heteroatoms. The number of thioether (sulfide) groups is 1. The number of aromatic nitrogens is 1. The molecule has 3 nitrogen and oxygen atoms in total. The fraction of sp³-hybridized carbons (Fsp3) is 0.250. The second-order valence-electron chi connectivity index (χ2n) is 2.31. The van der Waals surface area contributed by atoms with Crippen LogP contribution < -0.4 is 5.73 Å². The molecule has 13 heavy (non-hydrogen) atoms. The van der Waals surface area contributed by atoms with Gasteiger partial charge < -0.3 is 5.73 Å². The molecule has 0 radical (unpaired) electrons. The number of nitrogen functional groups attached to an aromatic ring is 1. The Kier molecular flexibility index (Phi) is 3.98. The molecule has 0 atom stereocenters. The summed E-state index contributed by atoms with van der Waals surface area (Å²) in [7, 11) is 0. The maximum Gasteiger partial charge on any atom is 0.186 e. The Morgan fingerprint density at radius 2 is 2.62 bits per heavy atom. The quantitative estimate of drug-likeness (QED) is 0.836. The molecule has 0 aliphatic rings. The summed E-state index contributed by atoms with van der Waals surface area (Å²) in [6.45, 7) is 1.56. The summed E-state index contributed by atoms with van der Waals surface area (Å²) >= 11 is 2.72. The minimum atomic E-state index is 0.133. The number of nitrogens with zero attached hydrogens (tertiary/aromatic N) is 1. The van der Waals surface area contributed by atoms with E-state index in [1.807, 2.05) is 12.2 Å². The molecule has 0 aromatic carbocycles. The third-order valence-corrected chi connectivity index (χ3v) is 2.76. The van der Waals surface area contributed by atoms with Crippen LogP contribution in [0.2, 0.25) is 0 Å². The number of carbonyl (C=O) groups is 1. The van der Waals surface area contributed by atoms with Crippen LogP contribution in [-0.2, 0) is 4.79 Å². The number of rotatable bonds is 3. The standard InChI is InChI=1S/C8H10N2OS2/c1-6(11)12-4-2-3-7-5-10-8(9)13-7/h2-3,5H,4H2,1H3,(H2,9,10). The fourth-order valence-electron chi connectivity index (χ4n) is 0.707. The van der Waals surface area contributed by atoms with Gasteiger partial charge in [0, 0.05) is 23.8 Å². The van der Waals surface area contributed by atoms with Gasteiger partial charge in [-0.3, -0.25) is 4.79 Å². The molecule has 0 aliphatic carbocycles. The van der Waals surface area contributed by atoms with E-state index in [-0.39, 0.29) is 5.12 Å². The molecule has 0 amide bonds. The lowest BCUT2D eigenvalue weighted by molar-refractivity contribution is -0.109. The minimum absolute atomic E-state index is 0.133. The number of hydrogen-bond donors (Lipinski definition) is 1. The number of carbonyl (C=O) groups excluding carboxylic acids is 1. The summed E-state index contributed by atoms with van der Waals surface area (Å²) in [5, 5.41) is 0.701. The van der Waals surface area contributed by atoms with Crippen LogP contribution in [0.5, 0.6) is 0 Å². The molecule has 0 fully saturated rings. The molecule has 70 valence electrons. The van der Waals surface area contributed by atoms with Crippen molar-refractivity contribution < 1.29 is 4.79 Å². The Balaban J connectivity index is 2.36. The first-order valence-electron chi connectivity index (χ1n) is 3.69. The normalized spacial score (nSPS) is 10.8. The van der Waals surface area contributed by atoms with Crippen LogP contribution in [0.1, 0.15) is 11.8 Å². The van der Waals surface area contributed by atoms with Crippen LogP contribution in [0.4, 0.5) is 5.13 Å². The molecule has 1 rings (SSSR count). The van der Waals surface area contributed by atoms with E-state index in [9.17, 15) is 4.79 Å². The molecule has 2 N–H and O–H groups in total. The topological polar surface area (TPSA) is 56.0 Å². The Hall–Kier alpha value is -0.810. The first-order chi connectivity index (χ1) is 6.18. The maximum atomic E-state index is 10.6. The summed E-state index contributed by atoms with van der Waals surface area (Å²) in [5.41, 5.74) is 5.45. The predicted octanol–water partition coefficient (Wildman–Crippen LogP) is 2.02. The van der Waals surface area contributed by atoms with Crippen molar-refractivity contribution in [1.29, 1.82) is 0 Å². The lowest BCUT2D eigenvalue weighted by atomic mass is 10.5. The van der Waals surface area contributed by atoms with Gasteiger partial charge in [0.15, 0.2) is 10.2 Å². The zero-order valence-corrected chi connectivity index (χ0v) is 8.82. The van der Waals surface area contributed by atoms with Crippen molar-refractivity contribution in [3.63, 3.8) is 0 Å². The third-order valence-electron chi connectivity index (χ3n) is 1.21. The molecule has 0 spiro atoms. The highest BCUT2D eigenvalue weighted by Crippen LogP contribution is 2.16. The van der Waals surface area contributed by atoms with Gasteiger partial charge in [-0.15, -0.1) is 0 Å². The van der Waals surface area contributed by atoms with E-state index in [1.54, 1.807) is 13.1 Å². The molecule has 0 saturated heterocycles. The van der Waals surface area contributed by atoms with Crippen molar-refractivity contribution in [1.82, 2.24) is 4.98 Å². The lowest BCUT2D eigenvalue weighted by Gasteiger charge is -1.86. The number of anilines is 1. The summed E-state index contributed by atoms with van der Waals surface area (Å²) in [5.74, 6) is 0.702. The average molecular weight is 214 g/mol. The smallest absolute Gasteiger partial charge is 0.186 e. The Morgan fingerprint density at radius 1 is 1.85 bits per heavy atom. The Labute approximate surface area is 85.1 Å². The highest BCUT2D eigenvalue weighted by Gasteiger charge is 1.93. The van der Waals surface area contributed by atoms with Crippen molar-refractivity contribution in [2.24, 2.45) is 0 Å². The molecule has 0 aliphatic heterocycles. The summed E-state index contributed by atoms with van der Waals surface area (Å²) < 4.78 is 0. The number of nitrogens with two attached hydrogens (primary N) is 1. The monoisotopic (exact) mass is 214 g/mol. The lowest BCUT2D eigenvalue weighted by Crippen LogP contribution is -1.80. The van der Waals surface area contributed by atoms with Crippen LogP contribution in [0.3, 0.4) is 0 Å². The van der Waals surface area contributed by atoms with E-state index < -0.39 is 0 Å². The molecule has 0 bridgehead atoms. The average Bonchev–Trinajstić information content (AvgIpc) is 2.45. The van der Waals surface area contributed by atoms with E-state index in [2.05, 4.69) is 4.98 Å². The summed E-state index contributed by atoms with van der Waals surface area (Å²) in [6.07, 6.45) is 5.57. The molecule has 1 aromatic rings. The second kappa shape index (κ2) is 5.04. The van der Waals surface area contributed by atoms with Gasteiger partial charge in [0.05, 0.1) is 0 Å². The third kappa shape index (κ3) is 4.10. The van der Waals surface area contributed by atoms with Crippen LogP contribution in [0.15, 0.2) is 12.3 Å². The van der Waals surface area contributed by atoms with Crippen LogP contribution in [-0.4, -0.2) is 15.9 Å². The van der Waals surface area contributed by atoms with Crippen molar-refractivity contribution in [3.8, 4) is 0 Å². The van der Waals surface area contributed by atoms with E-state index in [1.165, 1.54) is 23.1 Å². The van der Waals surface area contributed by atoms with Crippen molar-refractivity contribution in [2.75, 3.05) is 11.5 Å². The van der Waals surface area contributed by atoms with Gasteiger partial charge in [-0.1, -0.05) is 29.2 Å². The Bertz CT molecular complexity index is 320. The van der Waals surface area contributed by atoms with Crippen molar-refractivity contribution in [2.45, 2.75) is 6.92 Å². The molecule has 1 heterocycles. The highest BCUT2D eigenvalue weighted by molar-refractivity contribution is 8.13. The van der Waals surface area contributed by atoms with E-state index in [0.29, 0.717) is 10.9 Å². The van der Waals surface area contributed by atoms with Gasteiger partial charge in [-0.05, 0) is 6.08 Å². The zero-order valence-electron chi connectivity index (χ0n) is 7.19. The number of thiazole rings is 1. The van der Waals surface area contributed by atoms with Gasteiger partial charge in [0.1, 0.15) is 0 Å². The largest absolute Gasteiger partial charge is 0.375 e. The van der Waals surface area contributed by atoms with Crippen LogP contribution >= 0.6 is 23.1 Å². The minimum Gasteiger partial charge on any atom is -0.375 e. The van der Waals surface area contributed by atoms with Gasteiger partial charge in [-0.25, -0.2) is 4.98 Å². The van der Waals surface area contributed by atoms with E-state index in [4.69, 9.17) is 5.73 Å². The van der Waals surface area contributed by atoms with Crippen molar-refractivity contribution in [3.05, 3.63) is 17.2 Å². The van der Waals surface area contributed by atoms with Gasteiger partial charge in [0.2, 0.25) is 0 Å². The first kappa shape index (κ1) is 10.3. The van der Waals surface area contributed by atoms with Crippen LogP contribution in [0, 0.1) is 0 Å². The maximum absolute atomic E-state index is 10.6. The van der Waals surface area contributed by atoms with Gasteiger partial charge in [0.25, 0.3) is 0 Å². The summed E-state index contributed by atoms with van der Waals surface area (Å²) in [6, 6.07) is 0. The fourth-order valence-corrected chi connectivity index (χ4v) is 1.75.